The Bertz CT molecular complexity index is 940. The van der Waals surface area contributed by atoms with Gasteiger partial charge in [-0.2, -0.15) is 0 Å². The van der Waals surface area contributed by atoms with E-state index in [0.717, 1.165) is 61.0 Å². The summed E-state index contributed by atoms with van der Waals surface area (Å²) in [6.45, 7) is 14.1. The Morgan fingerprint density at radius 3 is 2.76 bits per heavy atom. The van der Waals surface area contributed by atoms with Crippen LogP contribution in [0.1, 0.15) is 45.1 Å². The van der Waals surface area contributed by atoms with Gasteiger partial charge in [-0.15, -0.1) is 0 Å². The molecule has 5 nitrogen and oxygen atoms in total. The van der Waals surface area contributed by atoms with Crippen LogP contribution in [0.4, 0.5) is 11.4 Å². The second-order valence-corrected chi connectivity index (χ2v) is 10.4. The Morgan fingerprint density at radius 2 is 2.09 bits per heavy atom. The number of benzene rings is 2. The molecule has 1 amide bonds. The fraction of sp³-hybridized carbons (Fsp3) is 0.519. The number of aryl methyl sites for hydroxylation is 1. The van der Waals surface area contributed by atoms with Gasteiger partial charge in [0, 0.05) is 66.7 Å². The highest BCUT2D eigenvalue weighted by atomic mass is 32.2. The second-order valence-electron chi connectivity index (χ2n) is 8.87. The van der Waals surface area contributed by atoms with E-state index in [1.807, 2.05) is 24.2 Å². The number of rotatable bonds is 11. The Morgan fingerprint density at radius 1 is 1.33 bits per heavy atom. The van der Waals surface area contributed by atoms with E-state index in [0.29, 0.717) is 11.9 Å². The lowest BCUT2D eigenvalue weighted by molar-refractivity contribution is -0.120. The first-order valence-electron chi connectivity index (χ1n) is 12.1. The van der Waals surface area contributed by atoms with E-state index < -0.39 is 0 Å². The summed E-state index contributed by atoms with van der Waals surface area (Å²) in [7, 11) is 1.73. The fourth-order valence-electron chi connectivity index (χ4n) is 4.39. The van der Waals surface area contributed by atoms with Crippen molar-refractivity contribution >= 4 is 40.0 Å². The second kappa shape index (κ2) is 12.4. The molecule has 2 aromatic rings. The molecule has 1 saturated heterocycles. The number of piperidine rings is 1. The molecule has 1 aliphatic rings. The molecule has 2 aromatic carbocycles. The molecule has 0 bridgehead atoms. The number of hydrogen-bond acceptors (Lipinski definition) is 5. The van der Waals surface area contributed by atoms with Crippen molar-refractivity contribution in [2.45, 2.75) is 51.7 Å². The number of hydrogen-bond donors (Lipinski definition) is 1. The zero-order chi connectivity index (χ0) is 23.8. The van der Waals surface area contributed by atoms with E-state index in [2.05, 4.69) is 66.1 Å². The van der Waals surface area contributed by atoms with Gasteiger partial charge in [-0.3, -0.25) is 9.10 Å². The van der Waals surface area contributed by atoms with Gasteiger partial charge >= 0.3 is 0 Å². The molecule has 1 aliphatic heterocycles. The van der Waals surface area contributed by atoms with Crippen LogP contribution in [0.5, 0.6) is 0 Å². The predicted octanol–water partition coefficient (Wildman–Crippen LogP) is 6.23. The molecule has 0 spiro atoms. The summed E-state index contributed by atoms with van der Waals surface area (Å²) in [5.74, 6) is 0.205. The average molecular weight is 470 g/mol. The van der Waals surface area contributed by atoms with Gasteiger partial charge in [0.1, 0.15) is 0 Å². The van der Waals surface area contributed by atoms with E-state index in [1.165, 1.54) is 12.0 Å². The number of amides is 1. The highest BCUT2D eigenvalue weighted by Gasteiger charge is 2.26. The monoisotopic (exact) mass is 469 g/mol. The van der Waals surface area contributed by atoms with Crippen LogP contribution in [0.15, 0.2) is 43.1 Å². The molecule has 1 heterocycles. The lowest BCUT2D eigenvalue weighted by Gasteiger charge is -2.32. The number of carbonyl (C=O) groups excluding carboxylic acids is 1. The van der Waals surface area contributed by atoms with Crippen LogP contribution in [-0.4, -0.2) is 48.8 Å². The van der Waals surface area contributed by atoms with Crippen LogP contribution in [0, 0.1) is 12.8 Å². The van der Waals surface area contributed by atoms with Gasteiger partial charge in [-0.25, -0.2) is 0 Å². The Kier molecular flexibility index (Phi) is 9.65. The molecule has 0 aromatic heterocycles. The smallest absolute Gasteiger partial charge is 0.227 e. The van der Waals surface area contributed by atoms with Crippen LogP contribution in [0.3, 0.4) is 0 Å². The molecule has 0 saturated carbocycles. The zero-order valence-electron chi connectivity index (χ0n) is 20.6. The molecule has 180 valence electrons. The Balaban J connectivity index is 1.76. The molecule has 0 aliphatic carbocycles. The van der Waals surface area contributed by atoms with Crippen LogP contribution in [0.2, 0.25) is 0 Å². The average Bonchev–Trinajstić information content (AvgIpc) is 2.83. The lowest BCUT2D eigenvalue weighted by Crippen LogP contribution is -2.35. The molecule has 1 fully saturated rings. The van der Waals surface area contributed by atoms with Gasteiger partial charge in [-0.05, 0) is 56.5 Å². The summed E-state index contributed by atoms with van der Waals surface area (Å²) in [4.78, 5) is 15.3. The highest BCUT2D eigenvalue weighted by molar-refractivity contribution is 7.97. The molecule has 0 radical (unpaired) electrons. The maximum Gasteiger partial charge on any atom is 0.227 e. The summed E-state index contributed by atoms with van der Waals surface area (Å²) < 4.78 is 7.65. The van der Waals surface area contributed by atoms with Gasteiger partial charge < -0.3 is 15.0 Å². The molecule has 1 atom stereocenters. The highest BCUT2D eigenvalue weighted by Crippen LogP contribution is 2.36. The van der Waals surface area contributed by atoms with Crippen molar-refractivity contribution < 1.29 is 9.53 Å². The van der Waals surface area contributed by atoms with E-state index in [4.69, 9.17) is 4.74 Å². The summed E-state index contributed by atoms with van der Waals surface area (Å²) >= 11 is 1.94. The topological polar surface area (TPSA) is 44.8 Å². The minimum absolute atomic E-state index is 0.0667. The van der Waals surface area contributed by atoms with Crippen molar-refractivity contribution in [3.63, 3.8) is 0 Å². The largest absolute Gasteiger partial charge is 0.385 e. The number of fused-ring (bicyclic) bond motifs is 1. The first-order chi connectivity index (χ1) is 16.0. The van der Waals surface area contributed by atoms with Gasteiger partial charge in [-0.1, -0.05) is 50.6 Å². The van der Waals surface area contributed by atoms with E-state index >= 15 is 0 Å². The van der Waals surface area contributed by atoms with Crippen LogP contribution < -0.4 is 10.2 Å². The number of nitrogens with one attached hydrogen (secondary N) is 1. The summed E-state index contributed by atoms with van der Waals surface area (Å²) in [6.07, 6.45) is 5.79. The molecular weight excluding hydrogens is 430 g/mol. The summed E-state index contributed by atoms with van der Waals surface area (Å²) in [5.41, 5.74) is 3.19. The van der Waals surface area contributed by atoms with Crippen molar-refractivity contribution in [2.75, 3.05) is 43.6 Å². The number of ether oxygens (including phenoxy) is 1. The van der Waals surface area contributed by atoms with E-state index in [9.17, 15) is 4.79 Å². The number of anilines is 2. The minimum atomic E-state index is 0.0667. The minimum Gasteiger partial charge on any atom is -0.385 e. The van der Waals surface area contributed by atoms with Gasteiger partial charge in [0.05, 0.1) is 0 Å². The van der Waals surface area contributed by atoms with Gasteiger partial charge in [0.25, 0.3) is 0 Å². The van der Waals surface area contributed by atoms with Crippen molar-refractivity contribution in [1.82, 2.24) is 4.31 Å². The summed E-state index contributed by atoms with van der Waals surface area (Å²) in [5, 5.41) is 6.12. The van der Waals surface area contributed by atoms with Crippen LogP contribution in [0.25, 0.3) is 10.8 Å². The first kappa shape index (κ1) is 25.6. The number of nitrogens with zero attached hydrogens (tertiary/aromatic N) is 2. The fourth-order valence-corrected chi connectivity index (χ4v) is 5.47. The van der Waals surface area contributed by atoms with Crippen LogP contribution in [-0.2, 0) is 9.53 Å². The quantitative estimate of drug-likeness (QED) is 0.312. The third-order valence-corrected chi connectivity index (χ3v) is 7.85. The SMILES string of the molecule is C=CN(CCCOC)c1ccc(NC(=O)C2CCN(SC(C)CC)CC2)c2cccc(C)c12. The lowest BCUT2D eigenvalue weighted by atomic mass is 9.96. The normalized spacial score (nSPS) is 16.0. The van der Waals surface area contributed by atoms with Crippen molar-refractivity contribution in [1.29, 1.82) is 0 Å². The van der Waals surface area contributed by atoms with Gasteiger partial charge in [0.2, 0.25) is 5.91 Å². The molecule has 33 heavy (non-hydrogen) atoms. The molecule has 1 unspecified atom stereocenters. The third kappa shape index (κ3) is 6.52. The number of methoxy groups -OCH3 is 1. The van der Waals surface area contributed by atoms with E-state index in [-0.39, 0.29) is 11.8 Å². The van der Waals surface area contributed by atoms with Gasteiger partial charge in [0.15, 0.2) is 0 Å². The first-order valence-corrected chi connectivity index (χ1v) is 12.9. The zero-order valence-corrected chi connectivity index (χ0v) is 21.4. The van der Waals surface area contributed by atoms with Crippen molar-refractivity contribution in [3.8, 4) is 0 Å². The molecule has 1 N–H and O–H groups in total. The predicted molar refractivity (Wildman–Crippen MR) is 143 cm³/mol. The van der Waals surface area contributed by atoms with Crippen LogP contribution >= 0.6 is 11.9 Å². The molecular formula is C27H39N3O2S. The molecule has 3 rings (SSSR count). The van der Waals surface area contributed by atoms with Crippen molar-refractivity contribution in [3.05, 3.63) is 48.7 Å². The summed E-state index contributed by atoms with van der Waals surface area (Å²) in [6, 6.07) is 10.4. The maximum absolute atomic E-state index is 13.2. The van der Waals surface area contributed by atoms with Crippen molar-refractivity contribution in [2.24, 2.45) is 5.92 Å². The van der Waals surface area contributed by atoms with E-state index in [1.54, 1.807) is 7.11 Å². The Hall–Kier alpha value is -2.02. The maximum atomic E-state index is 13.2. The Labute approximate surface area is 203 Å². The standard InChI is InChI=1S/C27H39N3O2S/c1-6-21(4)33-30-17-14-22(15-18-30)27(31)28-24-12-13-25(29(7-2)16-9-19-32-5)26-20(3)10-8-11-23(24)26/h7-8,10-13,21-22H,2,6,9,14-19H2,1,3-5H3,(H,28,31). The third-order valence-electron chi connectivity index (χ3n) is 6.49. The molecule has 6 heteroatoms. The number of carbonyl (C=O) groups is 1.